The van der Waals surface area contributed by atoms with Crippen LogP contribution >= 0.6 is 0 Å². The minimum absolute atomic E-state index is 0.0339. The molecule has 0 rings (SSSR count). The number of guanidine groups is 1. The second-order valence-corrected chi connectivity index (χ2v) is 9.48. The molecule has 0 aromatic heterocycles. The number of carbonyl (C=O) groups is 10. The van der Waals surface area contributed by atoms with Crippen molar-refractivity contribution in [2.75, 3.05) is 19.6 Å². The summed E-state index contributed by atoms with van der Waals surface area (Å²) >= 11 is 0. The second kappa shape index (κ2) is 21.1. The lowest BCUT2D eigenvalue weighted by Crippen LogP contribution is -2.57. The van der Waals surface area contributed by atoms with E-state index >= 15 is 0 Å². The molecule has 0 spiro atoms. The molecule has 0 unspecified atom stereocenters. The number of carboxylic acids is 2. The molecule has 22 heteroatoms. The Morgan fingerprint density at radius 1 is 0.717 bits per heavy atom. The maximum Gasteiger partial charge on any atom is 0.305 e. The lowest BCUT2D eigenvalue weighted by atomic mass is 10.1. The number of carbonyl (C=O) groups excluding carboxylic acids is 8. The van der Waals surface area contributed by atoms with Gasteiger partial charge in [0, 0.05) is 6.54 Å². The van der Waals surface area contributed by atoms with E-state index in [1.165, 1.54) is 6.92 Å². The average molecular weight is 659 g/mol. The van der Waals surface area contributed by atoms with Gasteiger partial charge in [0.25, 0.3) is 5.91 Å². The largest absolute Gasteiger partial charge is 0.481 e. The van der Waals surface area contributed by atoms with E-state index in [1.807, 2.05) is 16.0 Å². The fraction of sp³-hybridized carbons (Fsp3) is 0.542. The van der Waals surface area contributed by atoms with E-state index in [4.69, 9.17) is 27.4 Å². The van der Waals surface area contributed by atoms with Crippen molar-refractivity contribution in [2.45, 2.75) is 62.8 Å². The van der Waals surface area contributed by atoms with E-state index in [2.05, 4.69) is 20.9 Å². The van der Waals surface area contributed by atoms with Crippen molar-refractivity contribution in [3.63, 3.8) is 0 Å². The van der Waals surface area contributed by atoms with Crippen LogP contribution in [-0.4, -0.2) is 126 Å². The molecule has 0 aliphatic heterocycles. The third-order valence-electron chi connectivity index (χ3n) is 5.49. The third-order valence-corrected chi connectivity index (χ3v) is 5.49. The van der Waals surface area contributed by atoms with Crippen molar-refractivity contribution < 1.29 is 58.2 Å². The summed E-state index contributed by atoms with van der Waals surface area (Å²) in [5.41, 5.74) is 15.9. The molecule has 0 fully saturated rings. The van der Waals surface area contributed by atoms with Gasteiger partial charge in [-0.05, 0) is 19.8 Å². The van der Waals surface area contributed by atoms with E-state index in [0.717, 1.165) is 0 Å². The average Bonchev–Trinajstić information content (AvgIpc) is 2.97. The van der Waals surface area contributed by atoms with Crippen molar-refractivity contribution >= 4 is 65.9 Å². The Kier molecular flexibility index (Phi) is 18.5. The molecule has 0 saturated heterocycles. The smallest absolute Gasteiger partial charge is 0.305 e. The topological polar surface area (TPSA) is 374 Å². The maximum absolute atomic E-state index is 12.8. The number of aldehydes is 2. The molecule has 6 amide bonds. The highest BCUT2D eigenvalue weighted by atomic mass is 16.4. The van der Waals surface area contributed by atoms with Crippen LogP contribution in [0, 0.1) is 0 Å². The highest BCUT2D eigenvalue weighted by Gasteiger charge is 2.30. The maximum atomic E-state index is 12.8. The summed E-state index contributed by atoms with van der Waals surface area (Å²) in [6.45, 7) is 0.0950. The van der Waals surface area contributed by atoms with Gasteiger partial charge in [-0.2, -0.15) is 0 Å². The van der Waals surface area contributed by atoms with Gasteiger partial charge in [-0.1, -0.05) is 0 Å². The van der Waals surface area contributed by atoms with Crippen molar-refractivity contribution in [1.29, 1.82) is 0 Å². The van der Waals surface area contributed by atoms with Crippen molar-refractivity contribution in [1.82, 2.24) is 31.9 Å². The van der Waals surface area contributed by atoms with Gasteiger partial charge in [-0.15, -0.1) is 0 Å². The zero-order valence-corrected chi connectivity index (χ0v) is 24.6. The second-order valence-electron chi connectivity index (χ2n) is 9.48. The molecular weight excluding hydrogens is 620 g/mol. The van der Waals surface area contributed by atoms with Crippen LogP contribution in [0.3, 0.4) is 0 Å². The number of aliphatic imine (C=N–C) groups is 1. The Labute approximate surface area is 261 Å². The zero-order valence-electron chi connectivity index (χ0n) is 24.6. The monoisotopic (exact) mass is 658 g/mol. The van der Waals surface area contributed by atoms with Crippen LogP contribution in [0.2, 0.25) is 0 Å². The van der Waals surface area contributed by atoms with Gasteiger partial charge < -0.3 is 68.9 Å². The zero-order chi connectivity index (χ0) is 35.4. The standard InChI is InChI=1S/C24H38N10O12/c1-11(25)20(43)29-7-16(37)32-13(3-2-4-28-24(26)27)21(44)30-8-17(38)33-14(6-19(41)42)22(45)34-15(10-36)23(46)31-12(9-35)5-18(39)40/h9-15H,2-8,25H2,1H3,(H,29,43)(H,30,44)(H,31,46)(H,32,37)(H,33,38)(H,34,45)(H,39,40)(H,41,42)(H4,26,27,28)/t11-,12-,13-,14-,15-/m0/s1. The number of nitrogens with one attached hydrogen (secondary N) is 6. The van der Waals surface area contributed by atoms with E-state index < -0.39 is 104 Å². The van der Waals surface area contributed by atoms with Gasteiger partial charge in [0.2, 0.25) is 29.5 Å². The summed E-state index contributed by atoms with van der Waals surface area (Å²) in [7, 11) is 0. The van der Waals surface area contributed by atoms with Crippen LogP contribution in [0.25, 0.3) is 0 Å². The molecular formula is C24H38N10O12. The molecule has 46 heavy (non-hydrogen) atoms. The van der Waals surface area contributed by atoms with Crippen molar-refractivity contribution in [3.8, 4) is 0 Å². The minimum atomic E-state index is -2.00. The Morgan fingerprint density at radius 3 is 1.74 bits per heavy atom. The first kappa shape index (κ1) is 40.3. The predicted molar refractivity (Wildman–Crippen MR) is 154 cm³/mol. The van der Waals surface area contributed by atoms with E-state index in [9.17, 15) is 47.9 Å². The van der Waals surface area contributed by atoms with Gasteiger partial charge in [0.1, 0.15) is 18.4 Å². The quantitative estimate of drug-likeness (QED) is 0.0169. The summed E-state index contributed by atoms with van der Waals surface area (Å²) in [5.74, 6) is -9.28. The molecule has 0 aliphatic carbocycles. The number of nitrogens with two attached hydrogens (primary N) is 3. The molecule has 0 aliphatic rings. The van der Waals surface area contributed by atoms with E-state index in [-0.39, 0.29) is 37.9 Å². The van der Waals surface area contributed by atoms with Gasteiger partial charge in [0.15, 0.2) is 18.3 Å². The molecule has 5 atom stereocenters. The molecule has 0 saturated carbocycles. The predicted octanol–water partition coefficient (Wildman–Crippen LogP) is -7.09. The SMILES string of the molecule is C[C@H](N)C(=O)NCC(=O)N[C@@H](CCCN=C(N)N)C(=O)NCC(=O)N[C@@H](CC(=O)O)C(=O)N[C@@H](C=O)C(=O)N[C@H](C=O)CC(=O)O. The Balaban J connectivity index is 5.43. The van der Waals surface area contributed by atoms with Crippen molar-refractivity contribution in [3.05, 3.63) is 0 Å². The minimum Gasteiger partial charge on any atom is -0.481 e. The molecule has 256 valence electrons. The fourth-order valence-electron chi connectivity index (χ4n) is 3.27. The number of rotatable bonds is 22. The summed E-state index contributed by atoms with van der Waals surface area (Å²) in [4.78, 5) is 122. The summed E-state index contributed by atoms with van der Waals surface area (Å²) in [5, 5.41) is 30.5. The number of hydrogen-bond donors (Lipinski definition) is 11. The first-order valence-electron chi connectivity index (χ1n) is 13.4. The number of amides is 6. The lowest BCUT2D eigenvalue weighted by Gasteiger charge is -2.21. The number of aliphatic carboxylic acids is 2. The van der Waals surface area contributed by atoms with Gasteiger partial charge in [-0.3, -0.25) is 43.3 Å². The van der Waals surface area contributed by atoms with Gasteiger partial charge >= 0.3 is 11.9 Å². The lowest BCUT2D eigenvalue weighted by molar-refractivity contribution is -0.141. The number of hydrogen-bond acceptors (Lipinski definition) is 12. The molecule has 22 nitrogen and oxygen atoms in total. The van der Waals surface area contributed by atoms with Crippen LogP contribution in [-0.2, 0) is 47.9 Å². The van der Waals surface area contributed by atoms with Gasteiger partial charge in [0.05, 0.1) is 38.0 Å². The van der Waals surface area contributed by atoms with E-state index in [1.54, 1.807) is 0 Å². The van der Waals surface area contributed by atoms with Crippen LogP contribution in [0.15, 0.2) is 4.99 Å². The summed E-state index contributed by atoms with van der Waals surface area (Å²) in [6.07, 6.45) is -1.72. The normalized spacial score (nSPS) is 13.5. The molecule has 0 bridgehead atoms. The Bertz CT molecular complexity index is 1190. The van der Waals surface area contributed by atoms with Crippen LogP contribution in [0.4, 0.5) is 0 Å². The molecule has 14 N–H and O–H groups in total. The first-order valence-corrected chi connectivity index (χ1v) is 13.4. The summed E-state index contributed by atoms with van der Waals surface area (Å²) in [6, 6.07) is -7.59. The van der Waals surface area contributed by atoms with Gasteiger partial charge in [-0.25, -0.2) is 0 Å². The first-order chi connectivity index (χ1) is 21.5. The fourth-order valence-corrected chi connectivity index (χ4v) is 3.27. The molecule has 0 radical (unpaired) electrons. The van der Waals surface area contributed by atoms with Crippen LogP contribution < -0.4 is 49.1 Å². The van der Waals surface area contributed by atoms with Crippen molar-refractivity contribution in [2.24, 2.45) is 22.2 Å². The molecule has 0 aromatic rings. The molecule has 0 aromatic carbocycles. The highest BCUT2D eigenvalue weighted by Crippen LogP contribution is 2.00. The number of carboxylic acid groups (broad SMARTS) is 2. The summed E-state index contributed by atoms with van der Waals surface area (Å²) < 4.78 is 0. The number of nitrogens with zero attached hydrogens (tertiary/aromatic N) is 1. The van der Waals surface area contributed by atoms with Crippen LogP contribution in [0.5, 0.6) is 0 Å². The highest BCUT2D eigenvalue weighted by molar-refractivity contribution is 6.02. The van der Waals surface area contributed by atoms with E-state index in [0.29, 0.717) is 0 Å². The molecule has 0 heterocycles. The Hall–Kier alpha value is -5.67. The van der Waals surface area contributed by atoms with Crippen LogP contribution in [0.1, 0.15) is 32.6 Å². The Morgan fingerprint density at radius 2 is 1.26 bits per heavy atom. The third kappa shape index (κ3) is 17.4.